The van der Waals surface area contributed by atoms with Crippen molar-refractivity contribution in [3.8, 4) is 0 Å². The van der Waals surface area contributed by atoms with Gasteiger partial charge in [-0.05, 0) is 42.3 Å². The van der Waals surface area contributed by atoms with Gasteiger partial charge in [0.1, 0.15) is 0 Å². The molecule has 2 amide bonds. The number of hydrogen-bond acceptors (Lipinski definition) is 3. The summed E-state index contributed by atoms with van der Waals surface area (Å²) in [4.78, 5) is 27.0. The Bertz CT molecular complexity index is 895. The van der Waals surface area contributed by atoms with E-state index in [2.05, 4.69) is 10.6 Å². The fourth-order valence-electron chi connectivity index (χ4n) is 4.07. The summed E-state index contributed by atoms with van der Waals surface area (Å²) in [5, 5.41) is 6.01. The summed E-state index contributed by atoms with van der Waals surface area (Å²) in [6, 6.07) is 17.1. The lowest BCUT2D eigenvalue weighted by atomic mass is 9.86. The molecule has 3 rings (SSSR count). The van der Waals surface area contributed by atoms with E-state index >= 15 is 0 Å². The summed E-state index contributed by atoms with van der Waals surface area (Å²) in [6.07, 6.45) is 7.70. The molecule has 0 heterocycles. The number of rotatable bonds is 7. The molecule has 1 fully saturated rings. The van der Waals surface area contributed by atoms with Gasteiger partial charge in [-0.15, -0.1) is 0 Å². The standard InChI is InChI=1S/C25H31N3O2S/c1-28(18-20-12-6-3-7-13-20)24(30)21-14-8-9-15-22(21)26-25(31)27-23(29)17-16-19-10-4-2-5-11-19/h3,6-9,12-15,19H,2,4-5,10-11,16-18H2,1H3,(H2,26,27,29,31). The lowest BCUT2D eigenvalue weighted by Gasteiger charge is -2.21. The highest BCUT2D eigenvalue weighted by molar-refractivity contribution is 7.80. The third kappa shape index (κ3) is 7.17. The monoisotopic (exact) mass is 437 g/mol. The zero-order chi connectivity index (χ0) is 22.1. The molecule has 0 aromatic heterocycles. The minimum absolute atomic E-state index is 0.0759. The maximum Gasteiger partial charge on any atom is 0.256 e. The van der Waals surface area contributed by atoms with Gasteiger partial charge in [-0.25, -0.2) is 0 Å². The normalized spacial score (nSPS) is 14.0. The van der Waals surface area contributed by atoms with Gasteiger partial charge >= 0.3 is 0 Å². The number of hydrogen-bond donors (Lipinski definition) is 2. The summed E-state index contributed by atoms with van der Waals surface area (Å²) in [5.41, 5.74) is 2.16. The summed E-state index contributed by atoms with van der Waals surface area (Å²) in [7, 11) is 1.78. The number of anilines is 1. The lowest BCUT2D eigenvalue weighted by Crippen LogP contribution is -2.35. The first-order valence-electron chi connectivity index (χ1n) is 11.0. The Balaban J connectivity index is 1.54. The van der Waals surface area contributed by atoms with E-state index in [1.54, 1.807) is 24.1 Å². The highest BCUT2D eigenvalue weighted by atomic mass is 32.1. The first-order chi connectivity index (χ1) is 15.0. The maximum atomic E-state index is 13.0. The Morgan fingerprint density at radius 1 is 1.00 bits per heavy atom. The molecule has 164 valence electrons. The van der Waals surface area contributed by atoms with Crippen LogP contribution in [0.5, 0.6) is 0 Å². The minimum atomic E-state index is -0.113. The molecule has 0 spiro atoms. The van der Waals surface area contributed by atoms with Gasteiger partial charge in [-0.2, -0.15) is 0 Å². The Hall–Kier alpha value is -2.73. The van der Waals surface area contributed by atoms with Crippen molar-refractivity contribution in [2.24, 2.45) is 5.92 Å². The van der Waals surface area contributed by atoms with E-state index in [0.29, 0.717) is 30.1 Å². The quantitative estimate of drug-likeness (QED) is 0.590. The second kappa shape index (κ2) is 11.6. The molecule has 0 radical (unpaired) electrons. The van der Waals surface area contributed by atoms with Crippen LogP contribution < -0.4 is 10.6 Å². The van der Waals surface area contributed by atoms with Crippen LogP contribution in [0.25, 0.3) is 0 Å². The van der Waals surface area contributed by atoms with Crippen molar-refractivity contribution in [2.75, 3.05) is 12.4 Å². The van der Waals surface area contributed by atoms with Gasteiger partial charge < -0.3 is 15.5 Å². The number of benzene rings is 2. The van der Waals surface area contributed by atoms with Gasteiger partial charge in [0, 0.05) is 20.0 Å². The summed E-state index contributed by atoms with van der Waals surface area (Å²) < 4.78 is 0. The molecular weight excluding hydrogens is 406 g/mol. The van der Waals surface area contributed by atoms with E-state index in [-0.39, 0.29) is 16.9 Å². The van der Waals surface area contributed by atoms with E-state index in [1.165, 1.54) is 32.1 Å². The molecule has 2 aromatic carbocycles. The van der Waals surface area contributed by atoms with Crippen LogP contribution in [0.3, 0.4) is 0 Å². The SMILES string of the molecule is CN(Cc1ccccc1)C(=O)c1ccccc1NC(=S)NC(=O)CCC1CCCCC1. The summed E-state index contributed by atoms with van der Waals surface area (Å²) in [6.45, 7) is 0.510. The Kier molecular flexibility index (Phi) is 8.59. The van der Waals surface area contributed by atoms with Crippen molar-refractivity contribution < 1.29 is 9.59 Å². The maximum absolute atomic E-state index is 13.0. The van der Waals surface area contributed by atoms with E-state index < -0.39 is 0 Å². The second-order valence-corrected chi connectivity index (χ2v) is 8.65. The molecule has 1 aliphatic rings. The van der Waals surface area contributed by atoms with E-state index in [4.69, 9.17) is 12.2 Å². The highest BCUT2D eigenvalue weighted by Gasteiger charge is 2.18. The first kappa shape index (κ1) is 22.9. The van der Waals surface area contributed by atoms with Gasteiger partial charge in [0.05, 0.1) is 11.3 Å². The predicted molar refractivity (Wildman–Crippen MR) is 129 cm³/mol. The molecule has 1 aliphatic carbocycles. The molecule has 0 aliphatic heterocycles. The number of carbonyl (C=O) groups excluding carboxylic acids is 2. The van der Waals surface area contributed by atoms with Crippen molar-refractivity contribution >= 4 is 34.8 Å². The van der Waals surface area contributed by atoms with Gasteiger partial charge in [0.2, 0.25) is 5.91 Å². The second-order valence-electron chi connectivity index (χ2n) is 8.24. The predicted octanol–water partition coefficient (Wildman–Crippen LogP) is 5.13. The van der Waals surface area contributed by atoms with Crippen LogP contribution in [0.2, 0.25) is 0 Å². The third-order valence-electron chi connectivity index (χ3n) is 5.77. The number of nitrogens with zero attached hydrogens (tertiary/aromatic N) is 1. The van der Waals surface area contributed by atoms with Crippen molar-refractivity contribution in [3.63, 3.8) is 0 Å². The average Bonchev–Trinajstić information content (AvgIpc) is 2.79. The van der Waals surface area contributed by atoms with Crippen molar-refractivity contribution in [1.29, 1.82) is 0 Å². The van der Waals surface area contributed by atoms with Gasteiger partial charge in [0.15, 0.2) is 5.11 Å². The number of nitrogens with one attached hydrogen (secondary N) is 2. The molecule has 1 saturated carbocycles. The largest absolute Gasteiger partial charge is 0.337 e. The molecule has 0 bridgehead atoms. The van der Waals surface area contributed by atoms with Crippen LogP contribution >= 0.6 is 12.2 Å². The Morgan fingerprint density at radius 2 is 1.68 bits per heavy atom. The lowest BCUT2D eigenvalue weighted by molar-refractivity contribution is -0.120. The van der Waals surface area contributed by atoms with Crippen LogP contribution in [-0.2, 0) is 11.3 Å². The molecule has 31 heavy (non-hydrogen) atoms. The molecule has 2 aromatic rings. The average molecular weight is 438 g/mol. The zero-order valence-corrected chi connectivity index (χ0v) is 18.9. The van der Waals surface area contributed by atoms with E-state index in [9.17, 15) is 9.59 Å². The minimum Gasteiger partial charge on any atom is -0.337 e. The number of amides is 2. The molecule has 5 nitrogen and oxygen atoms in total. The molecule has 2 N–H and O–H groups in total. The Labute approximate surface area is 190 Å². The van der Waals surface area contributed by atoms with Gasteiger partial charge in [0.25, 0.3) is 5.91 Å². The fraction of sp³-hybridized carbons (Fsp3) is 0.400. The molecule has 0 atom stereocenters. The van der Waals surface area contributed by atoms with Crippen molar-refractivity contribution in [2.45, 2.75) is 51.5 Å². The molecule has 6 heteroatoms. The van der Waals surface area contributed by atoms with Crippen LogP contribution in [-0.4, -0.2) is 28.9 Å². The van der Waals surface area contributed by atoms with E-state index in [1.807, 2.05) is 42.5 Å². The number of para-hydroxylation sites is 1. The zero-order valence-electron chi connectivity index (χ0n) is 18.1. The van der Waals surface area contributed by atoms with Gasteiger partial charge in [-0.3, -0.25) is 9.59 Å². The highest BCUT2D eigenvalue weighted by Crippen LogP contribution is 2.27. The molecule has 0 saturated heterocycles. The number of thiocarbonyl (C=S) groups is 1. The third-order valence-corrected chi connectivity index (χ3v) is 5.98. The van der Waals surface area contributed by atoms with Crippen molar-refractivity contribution in [1.82, 2.24) is 10.2 Å². The molecule has 0 unspecified atom stereocenters. The first-order valence-corrected chi connectivity index (χ1v) is 11.4. The summed E-state index contributed by atoms with van der Waals surface area (Å²) >= 11 is 5.33. The van der Waals surface area contributed by atoms with Crippen molar-refractivity contribution in [3.05, 3.63) is 65.7 Å². The van der Waals surface area contributed by atoms with Crippen LogP contribution in [0.4, 0.5) is 5.69 Å². The fourth-order valence-corrected chi connectivity index (χ4v) is 4.29. The van der Waals surface area contributed by atoms with Crippen LogP contribution in [0.15, 0.2) is 54.6 Å². The van der Waals surface area contributed by atoms with Gasteiger partial charge in [-0.1, -0.05) is 74.6 Å². The topological polar surface area (TPSA) is 61.4 Å². The smallest absolute Gasteiger partial charge is 0.256 e. The van der Waals surface area contributed by atoms with E-state index in [0.717, 1.165) is 12.0 Å². The number of carbonyl (C=O) groups is 2. The Morgan fingerprint density at radius 3 is 2.42 bits per heavy atom. The molecular formula is C25H31N3O2S. The summed E-state index contributed by atoms with van der Waals surface area (Å²) in [5.74, 6) is 0.464. The van der Waals surface area contributed by atoms with Crippen LogP contribution in [0.1, 0.15) is 60.9 Å². The van der Waals surface area contributed by atoms with Crippen LogP contribution in [0, 0.1) is 5.92 Å².